The van der Waals surface area contributed by atoms with Crippen molar-refractivity contribution >= 4 is 11.9 Å². The predicted octanol–water partition coefficient (Wildman–Crippen LogP) is 2.12. The molecule has 1 spiro atoms. The summed E-state index contributed by atoms with van der Waals surface area (Å²) in [6.07, 6.45) is 4.57. The third-order valence-corrected chi connectivity index (χ3v) is 6.54. The Morgan fingerprint density at radius 3 is 2.60 bits per heavy atom. The van der Waals surface area contributed by atoms with E-state index in [1.165, 1.54) is 24.0 Å². The third-order valence-electron chi connectivity index (χ3n) is 6.54. The van der Waals surface area contributed by atoms with Gasteiger partial charge in [-0.05, 0) is 43.0 Å². The van der Waals surface area contributed by atoms with E-state index in [9.17, 15) is 9.59 Å². The van der Waals surface area contributed by atoms with Crippen molar-refractivity contribution in [3.63, 3.8) is 0 Å². The summed E-state index contributed by atoms with van der Waals surface area (Å²) < 4.78 is 16.6. The highest BCUT2D eigenvalue weighted by molar-refractivity contribution is 5.95. The minimum atomic E-state index is -0.489. The van der Waals surface area contributed by atoms with E-state index in [2.05, 4.69) is 34.6 Å². The Morgan fingerprint density at radius 1 is 1.20 bits per heavy atom. The molecule has 2 N–H and O–H groups in total. The lowest BCUT2D eigenvalue weighted by Gasteiger charge is -2.46. The number of methoxy groups -OCH3 is 1. The summed E-state index contributed by atoms with van der Waals surface area (Å²) in [5.74, 6) is 1.31. The van der Waals surface area contributed by atoms with Crippen LogP contribution in [0, 0.1) is 0 Å². The number of hydrogen-bond acceptors (Lipinski definition) is 6. The normalized spacial score (nSPS) is 21.9. The molecule has 1 aromatic carbocycles. The number of hydrogen-bond donors (Lipinski definition) is 2. The van der Waals surface area contributed by atoms with Gasteiger partial charge in [0, 0.05) is 31.7 Å². The number of nitrogens with zero attached hydrogens (tertiary/aromatic N) is 1. The highest BCUT2D eigenvalue weighted by Crippen LogP contribution is 2.51. The zero-order chi connectivity index (χ0) is 21.1. The van der Waals surface area contributed by atoms with Crippen molar-refractivity contribution in [1.29, 1.82) is 0 Å². The molecule has 1 aliphatic carbocycles. The van der Waals surface area contributed by atoms with Crippen LogP contribution in [-0.4, -0.2) is 63.4 Å². The van der Waals surface area contributed by atoms with Crippen molar-refractivity contribution < 1.29 is 23.8 Å². The maximum atomic E-state index is 12.6. The molecule has 0 radical (unpaired) electrons. The van der Waals surface area contributed by atoms with Crippen molar-refractivity contribution in [2.45, 2.75) is 44.1 Å². The molecule has 2 heterocycles. The second-order valence-corrected chi connectivity index (χ2v) is 8.45. The first-order valence-corrected chi connectivity index (χ1v) is 10.8. The highest BCUT2D eigenvalue weighted by Gasteiger charge is 2.45. The Hall–Kier alpha value is -2.32. The van der Waals surface area contributed by atoms with Crippen LogP contribution in [0.2, 0.25) is 0 Å². The molecule has 3 aliphatic rings. The molecule has 1 fully saturated rings. The van der Waals surface area contributed by atoms with Gasteiger partial charge in [0.1, 0.15) is 13.2 Å². The van der Waals surface area contributed by atoms with Crippen LogP contribution in [-0.2, 0) is 14.9 Å². The minimum Gasteiger partial charge on any atom is -0.486 e. The van der Waals surface area contributed by atoms with Gasteiger partial charge in [-0.1, -0.05) is 12.8 Å². The molecule has 0 bridgehead atoms. The van der Waals surface area contributed by atoms with Crippen molar-refractivity contribution in [3.05, 3.63) is 23.3 Å². The van der Waals surface area contributed by atoms with Gasteiger partial charge in [-0.25, -0.2) is 4.79 Å². The van der Waals surface area contributed by atoms with E-state index in [0.717, 1.165) is 30.9 Å². The average molecular weight is 418 g/mol. The minimum absolute atomic E-state index is 0.0265. The first-order chi connectivity index (χ1) is 14.5. The molecule has 1 aromatic rings. The summed E-state index contributed by atoms with van der Waals surface area (Å²) in [6, 6.07) is 3.82. The molecule has 0 unspecified atom stereocenters. The predicted molar refractivity (Wildman–Crippen MR) is 111 cm³/mol. The number of carbonyl (C=O) groups is 2. The Morgan fingerprint density at radius 2 is 1.90 bits per heavy atom. The summed E-state index contributed by atoms with van der Waals surface area (Å²) in [4.78, 5) is 26.7. The average Bonchev–Trinajstić information content (AvgIpc) is 3.20. The largest absolute Gasteiger partial charge is 0.486 e. The lowest BCUT2D eigenvalue weighted by Crippen LogP contribution is -2.51. The molecule has 3 amide bonds. The van der Waals surface area contributed by atoms with Crippen LogP contribution in [0.5, 0.6) is 11.5 Å². The number of benzene rings is 1. The smallest absolute Gasteiger partial charge is 0.321 e. The molecular weight excluding hydrogens is 386 g/mol. The summed E-state index contributed by atoms with van der Waals surface area (Å²) in [5, 5.41) is 5.05. The maximum Gasteiger partial charge on any atom is 0.321 e. The van der Waals surface area contributed by atoms with E-state index in [1.54, 1.807) is 7.11 Å². The Balaban J connectivity index is 1.52. The molecule has 2 aliphatic heterocycles. The number of ether oxygens (including phenoxy) is 3. The van der Waals surface area contributed by atoms with E-state index < -0.39 is 6.03 Å². The fraction of sp³-hybridized carbons (Fsp3) is 0.636. The van der Waals surface area contributed by atoms with E-state index in [-0.39, 0.29) is 23.9 Å². The van der Waals surface area contributed by atoms with Crippen molar-refractivity contribution in [2.24, 2.45) is 0 Å². The maximum absolute atomic E-state index is 12.6. The van der Waals surface area contributed by atoms with Gasteiger partial charge >= 0.3 is 6.03 Å². The lowest BCUT2D eigenvalue weighted by molar-refractivity contribution is -0.122. The zero-order valence-electron chi connectivity index (χ0n) is 17.8. The zero-order valence-corrected chi connectivity index (χ0v) is 17.8. The Labute approximate surface area is 177 Å². The molecule has 0 saturated heterocycles. The molecule has 4 rings (SSSR count). The summed E-state index contributed by atoms with van der Waals surface area (Å²) in [7, 11) is 1.56. The molecule has 30 heavy (non-hydrogen) atoms. The van der Waals surface area contributed by atoms with Gasteiger partial charge in [0.05, 0.1) is 13.2 Å². The Kier molecular flexibility index (Phi) is 6.15. The molecule has 8 heteroatoms. The lowest BCUT2D eigenvalue weighted by atomic mass is 9.71. The van der Waals surface area contributed by atoms with Crippen molar-refractivity contribution in [2.75, 3.05) is 46.6 Å². The van der Waals surface area contributed by atoms with Crippen LogP contribution < -0.4 is 20.1 Å². The number of amides is 3. The number of imide groups is 1. The van der Waals surface area contributed by atoms with E-state index in [0.29, 0.717) is 26.4 Å². The van der Waals surface area contributed by atoms with Gasteiger partial charge < -0.3 is 19.5 Å². The molecule has 8 nitrogen and oxygen atoms in total. The van der Waals surface area contributed by atoms with E-state index >= 15 is 0 Å². The first-order valence-electron chi connectivity index (χ1n) is 10.8. The molecule has 1 saturated carbocycles. The fourth-order valence-corrected chi connectivity index (χ4v) is 5.05. The fourth-order valence-electron chi connectivity index (χ4n) is 5.05. The number of urea groups is 1. The van der Waals surface area contributed by atoms with E-state index in [4.69, 9.17) is 14.2 Å². The second kappa shape index (κ2) is 8.81. The molecule has 164 valence electrons. The number of fused-ring (bicyclic) bond motifs is 3. The highest BCUT2D eigenvalue weighted by atomic mass is 16.6. The topological polar surface area (TPSA) is 89.1 Å². The third kappa shape index (κ3) is 4.11. The van der Waals surface area contributed by atoms with Crippen LogP contribution in [0.25, 0.3) is 0 Å². The van der Waals surface area contributed by atoms with Crippen LogP contribution in [0.1, 0.15) is 49.8 Å². The quantitative estimate of drug-likeness (QED) is 0.714. The number of nitrogens with one attached hydrogen (secondary N) is 2. The number of carbonyl (C=O) groups excluding carboxylic acids is 2. The Bertz CT molecular complexity index is 806. The van der Waals surface area contributed by atoms with Gasteiger partial charge in [-0.2, -0.15) is 0 Å². The van der Waals surface area contributed by atoms with Gasteiger partial charge in [-0.15, -0.1) is 0 Å². The van der Waals surface area contributed by atoms with Crippen molar-refractivity contribution in [1.82, 2.24) is 15.5 Å². The molecular formula is C22H31N3O5. The van der Waals surface area contributed by atoms with Crippen LogP contribution >= 0.6 is 0 Å². The number of rotatable bonds is 5. The molecule has 1 atom stereocenters. The SMILES string of the molecule is COCCNC(=O)NC(=O)CN1CC2(CCCC2)c2cc3c(cc2[C@@H]1C)OCCO3. The van der Waals surface area contributed by atoms with E-state index in [1.807, 2.05) is 0 Å². The first kappa shape index (κ1) is 20.9. The second-order valence-electron chi connectivity index (χ2n) is 8.45. The van der Waals surface area contributed by atoms with Gasteiger partial charge in [-0.3, -0.25) is 15.0 Å². The summed E-state index contributed by atoms with van der Waals surface area (Å²) in [5.41, 5.74) is 2.56. The standard InChI is InChI=1S/C22H31N3O5/c1-15-16-11-18-19(30-10-9-29-18)12-17(16)22(5-3-4-6-22)14-25(15)13-20(26)24-21(27)23-7-8-28-2/h11-12,15H,3-10,13-14H2,1-2H3,(H2,23,24,26,27)/t15-/m0/s1. The van der Waals surface area contributed by atoms with Crippen LogP contribution in [0.15, 0.2) is 12.1 Å². The van der Waals surface area contributed by atoms with Gasteiger partial charge in [0.25, 0.3) is 0 Å². The monoisotopic (exact) mass is 417 g/mol. The summed E-state index contributed by atoms with van der Waals surface area (Å²) in [6.45, 7) is 4.99. The van der Waals surface area contributed by atoms with Crippen LogP contribution in [0.3, 0.4) is 0 Å². The van der Waals surface area contributed by atoms with Crippen LogP contribution in [0.4, 0.5) is 4.79 Å². The van der Waals surface area contributed by atoms with Crippen molar-refractivity contribution in [3.8, 4) is 11.5 Å². The van der Waals surface area contributed by atoms with Gasteiger partial charge in [0.2, 0.25) is 5.91 Å². The van der Waals surface area contributed by atoms with Gasteiger partial charge in [0.15, 0.2) is 11.5 Å². The summed E-state index contributed by atoms with van der Waals surface area (Å²) >= 11 is 0. The molecule has 0 aromatic heterocycles.